The van der Waals surface area contributed by atoms with Gasteiger partial charge in [0.25, 0.3) is 0 Å². The van der Waals surface area contributed by atoms with Crippen molar-refractivity contribution < 1.29 is 71.2 Å². The monoisotopic (exact) mass is 208 g/mol. The molecule has 0 spiro atoms. The van der Waals surface area contributed by atoms with Crippen molar-refractivity contribution in [2.75, 3.05) is 0 Å². The van der Waals surface area contributed by atoms with Crippen LogP contribution < -0.4 is 67.3 Å². The molecule has 0 amide bonds. The van der Waals surface area contributed by atoms with Gasteiger partial charge in [-0.3, -0.25) is 0 Å². The van der Waals surface area contributed by atoms with E-state index in [1.54, 1.807) is 0 Å². The Morgan fingerprint density at radius 3 is 2.00 bits per heavy atom. The molecule has 5 nitrogen and oxygen atoms in total. The van der Waals surface area contributed by atoms with Crippen molar-refractivity contribution in [1.82, 2.24) is 0 Å². The molecule has 0 aliphatic rings. The average Bonchev–Trinajstić information content (AvgIpc) is 1.82. The van der Waals surface area contributed by atoms with Crippen LogP contribution in [0.2, 0.25) is 0 Å². The quantitative estimate of drug-likeness (QED) is 0.462. The van der Waals surface area contributed by atoms with Gasteiger partial charge >= 0.3 is 74.4 Å². The molecule has 0 saturated heterocycles. The van der Waals surface area contributed by atoms with Crippen LogP contribution in [0.4, 0.5) is 0 Å². The van der Waals surface area contributed by atoms with E-state index < -0.39 is 18.0 Å². The van der Waals surface area contributed by atoms with E-state index in [-0.39, 0.29) is 87.3 Å². The predicted octanol–water partition coefficient (Wildman–Crippen LogP) is -6.78. The van der Waals surface area contributed by atoms with Crippen molar-refractivity contribution in [3.05, 3.63) is 0 Å². The number of carboxylic acid groups (broad SMARTS) is 2. The summed E-state index contributed by atoms with van der Waals surface area (Å²) < 4.78 is 0. The number of carboxylic acids is 2. The second-order valence-electron chi connectivity index (χ2n) is 1.84. The molecule has 0 rings (SSSR count). The topological polar surface area (TPSA) is 106 Å². The largest absolute Gasteiger partial charge is 2.00 e. The first-order chi connectivity index (χ1) is 4.54. The molecule has 7 heteroatoms. The van der Waals surface area contributed by atoms with Crippen LogP contribution in [0.15, 0.2) is 0 Å². The molecule has 0 aromatic carbocycles. The molecule has 0 aliphatic carbocycles. The predicted molar refractivity (Wildman–Crippen MR) is 33.0 cm³/mol. The van der Waals surface area contributed by atoms with Crippen LogP contribution >= 0.6 is 0 Å². The molecular formula is C5H7KMgNO4+. The van der Waals surface area contributed by atoms with Gasteiger partial charge in [0.1, 0.15) is 0 Å². The second-order valence-corrected chi connectivity index (χ2v) is 1.84. The Kier molecular flexibility index (Phi) is 16.4. The van der Waals surface area contributed by atoms with E-state index in [1.165, 1.54) is 0 Å². The van der Waals surface area contributed by atoms with Crippen molar-refractivity contribution in [3.8, 4) is 0 Å². The molecule has 0 heterocycles. The number of hydrogen-bond acceptors (Lipinski definition) is 5. The molecule has 58 valence electrons. The van der Waals surface area contributed by atoms with Crippen LogP contribution in [0, 0.1) is 0 Å². The zero-order valence-electron chi connectivity index (χ0n) is 6.91. The van der Waals surface area contributed by atoms with Gasteiger partial charge in [0.2, 0.25) is 0 Å². The summed E-state index contributed by atoms with van der Waals surface area (Å²) in [6.45, 7) is 0. The van der Waals surface area contributed by atoms with Crippen molar-refractivity contribution in [2.24, 2.45) is 5.73 Å². The van der Waals surface area contributed by atoms with Gasteiger partial charge in [0, 0.05) is 12.0 Å². The summed E-state index contributed by atoms with van der Waals surface area (Å²) in [6, 6.07) is -1.21. The van der Waals surface area contributed by atoms with Crippen LogP contribution in [0.1, 0.15) is 12.8 Å². The molecule has 0 radical (unpaired) electrons. The molecular weight excluding hydrogens is 201 g/mol. The summed E-state index contributed by atoms with van der Waals surface area (Å²) in [5, 5.41) is 19.6. The van der Waals surface area contributed by atoms with Gasteiger partial charge < -0.3 is 25.5 Å². The fraction of sp³-hybridized carbons (Fsp3) is 0.600. The molecule has 0 fully saturated rings. The van der Waals surface area contributed by atoms with E-state index in [0.29, 0.717) is 0 Å². The molecule has 2 N–H and O–H groups in total. The Bertz CT molecular complexity index is 154. The third kappa shape index (κ3) is 11.3. The summed E-state index contributed by atoms with van der Waals surface area (Å²) >= 11 is 0. The van der Waals surface area contributed by atoms with E-state index in [9.17, 15) is 19.8 Å². The van der Waals surface area contributed by atoms with Crippen molar-refractivity contribution in [3.63, 3.8) is 0 Å². The summed E-state index contributed by atoms with van der Waals surface area (Å²) in [5.74, 6) is -2.75. The Hall–Kier alpha value is 1.30. The molecule has 0 unspecified atom stereocenters. The third-order valence-electron chi connectivity index (χ3n) is 0.962. The second kappa shape index (κ2) is 10.4. The SMILES string of the molecule is N[C@@H](CCC(=O)[O-])C(=O)[O-].[K+].[Mg+2]. The molecule has 0 aliphatic heterocycles. The van der Waals surface area contributed by atoms with Gasteiger partial charge in [-0.05, 0) is 12.8 Å². The number of hydrogen-bond donors (Lipinski definition) is 1. The first kappa shape index (κ1) is 19.0. The zero-order chi connectivity index (χ0) is 8.15. The van der Waals surface area contributed by atoms with Gasteiger partial charge in [-0.2, -0.15) is 0 Å². The fourth-order valence-corrected chi connectivity index (χ4v) is 0.391. The Morgan fingerprint density at radius 2 is 1.75 bits per heavy atom. The van der Waals surface area contributed by atoms with Crippen LogP contribution in [-0.4, -0.2) is 41.0 Å². The average molecular weight is 209 g/mol. The van der Waals surface area contributed by atoms with Gasteiger partial charge in [0.05, 0.1) is 5.97 Å². The summed E-state index contributed by atoms with van der Waals surface area (Å²) in [6.07, 6.45) is -0.500. The van der Waals surface area contributed by atoms with E-state index in [2.05, 4.69) is 0 Å². The maximum absolute atomic E-state index is 9.86. The Labute approximate surface area is 129 Å². The van der Waals surface area contributed by atoms with Crippen molar-refractivity contribution in [2.45, 2.75) is 18.9 Å². The Balaban J connectivity index is -0.000000405. The van der Waals surface area contributed by atoms with Gasteiger partial charge in [-0.15, -0.1) is 0 Å². The van der Waals surface area contributed by atoms with Gasteiger partial charge in [-0.1, -0.05) is 0 Å². The molecule has 12 heavy (non-hydrogen) atoms. The smallest absolute Gasteiger partial charge is 0.550 e. The van der Waals surface area contributed by atoms with Crippen LogP contribution in [0.25, 0.3) is 0 Å². The zero-order valence-corrected chi connectivity index (χ0v) is 11.4. The van der Waals surface area contributed by atoms with E-state index in [4.69, 9.17) is 5.73 Å². The minimum Gasteiger partial charge on any atom is -0.550 e. The van der Waals surface area contributed by atoms with E-state index in [1.807, 2.05) is 0 Å². The van der Waals surface area contributed by atoms with Gasteiger partial charge in [-0.25, -0.2) is 0 Å². The first-order valence-electron chi connectivity index (χ1n) is 2.70. The standard InChI is InChI=1S/C5H9NO4.K.Mg/c6-3(5(9)10)1-2-4(7)8;;/h3H,1-2,6H2,(H,7,8)(H,9,10);;/q;+1;+2/p-2/t3-;;/m0../s1. The minimum absolute atomic E-state index is 0. The first-order valence-corrected chi connectivity index (χ1v) is 2.70. The maximum Gasteiger partial charge on any atom is 2.00 e. The molecule has 1 atom stereocenters. The third-order valence-corrected chi connectivity index (χ3v) is 0.962. The number of carbonyl (C=O) groups excluding carboxylic acids is 2. The number of aliphatic carboxylic acids is 2. The van der Waals surface area contributed by atoms with Crippen LogP contribution in [0.5, 0.6) is 0 Å². The number of carbonyl (C=O) groups is 2. The summed E-state index contributed by atoms with van der Waals surface area (Å²) in [7, 11) is 0. The molecule has 0 aromatic rings. The van der Waals surface area contributed by atoms with Crippen molar-refractivity contribution in [1.29, 1.82) is 0 Å². The maximum atomic E-state index is 9.86. The van der Waals surface area contributed by atoms with E-state index in [0.717, 1.165) is 0 Å². The van der Waals surface area contributed by atoms with Crippen LogP contribution in [-0.2, 0) is 9.59 Å². The van der Waals surface area contributed by atoms with Crippen LogP contribution in [0.3, 0.4) is 0 Å². The van der Waals surface area contributed by atoms with Crippen molar-refractivity contribution >= 4 is 35.0 Å². The van der Waals surface area contributed by atoms with E-state index >= 15 is 0 Å². The molecule has 0 bridgehead atoms. The Morgan fingerprint density at radius 1 is 1.33 bits per heavy atom. The minimum atomic E-state index is -1.44. The number of nitrogens with two attached hydrogens (primary N) is 1. The molecule has 0 saturated carbocycles. The summed E-state index contributed by atoms with van der Waals surface area (Å²) in [4.78, 5) is 19.6. The fourth-order valence-electron chi connectivity index (χ4n) is 0.391. The van der Waals surface area contributed by atoms with Gasteiger partial charge in [0.15, 0.2) is 0 Å². The number of rotatable bonds is 4. The normalized spacial score (nSPS) is 10.4. The summed E-state index contributed by atoms with van der Waals surface area (Å²) in [5.41, 5.74) is 4.91. The molecule has 0 aromatic heterocycles.